The first-order chi connectivity index (χ1) is 8.65. The van der Waals surface area contributed by atoms with Gasteiger partial charge in [-0.3, -0.25) is 4.79 Å². The molecule has 0 bridgehead atoms. The second kappa shape index (κ2) is 5.88. The van der Waals surface area contributed by atoms with Crippen molar-refractivity contribution in [3.05, 3.63) is 35.3 Å². The van der Waals surface area contributed by atoms with Crippen molar-refractivity contribution in [2.24, 2.45) is 0 Å². The number of aromatic hydroxyl groups is 1. The van der Waals surface area contributed by atoms with Gasteiger partial charge in [0.05, 0.1) is 5.69 Å². The SMILES string of the molecule is CC(=O)Nc1nc(CSc2ccccc2O)cs1. The number of amides is 1. The van der Waals surface area contributed by atoms with E-state index in [4.69, 9.17) is 0 Å². The number of carbonyl (C=O) groups is 1. The zero-order valence-corrected chi connectivity index (χ0v) is 11.3. The van der Waals surface area contributed by atoms with Gasteiger partial charge in [-0.1, -0.05) is 12.1 Å². The molecule has 2 rings (SSSR count). The molecule has 1 aromatic heterocycles. The molecule has 4 nitrogen and oxygen atoms in total. The average Bonchev–Trinajstić information content (AvgIpc) is 2.75. The third-order valence-electron chi connectivity index (χ3n) is 2.08. The molecule has 0 spiro atoms. The predicted molar refractivity (Wildman–Crippen MR) is 74.1 cm³/mol. The molecule has 0 saturated carbocycles. The summed E-state index contributed by atoms with van der Waals surface area (Å²) in [5.41, 5.74) is 0.886. The lowest BCUT2D eigenvalue weighted by Crippen LogP contribution is -2.05. The zero-order chi connectivity index (χ0) is 13.0. The largest absolute Gasteiger partial charge is 0.507 e. The van der Waals surface area contributed by atoms with Gasteiger partial charge in [-0.15, -0.1) is 23.1 Å². The van der Waals surface area contributed by atoms with E-state index < -0.39 is 0 Å². The molecule has 0 atom stereocenters. The number of hydrogen-bond donors (Lipinski definition) is 2. The fraction of sp³-hybridized carbons (Fsp3) is 0.167. The number of phenols is 1. The number of aromatic nitrogens is 1. The summed E-state index contributed by atoms with van der Waals surface area (Å²) in [6, 6.07) is 7.19. The van der Waals surface area contributed by atoms with Crippen LogP contribution in [0.4, 0.5) is 5.13 Å². The first-order valence-corrected chi connectivity index (χ1v) is 7.14. The van der Waals surface area contributed by atoms with E-state index in [9.17, 15) is 9.90 Å². The second-order valence-corrected chi connectivity index (χ2v) is 5.46. The molecule has 0 aliphatic heterocycles. The van der Waals surface area contributed by atoms with Crippen LogP contribution in [0.2, 0.25) is 0 Å². The number of hydrogen-bond acceptors (Lipinski definition) is 5. The highest BCUT2D eigenvalue weighted by Gasteiger charge is 2.05. The Bertz CT molecular complexity index is 555. The summed E-state index contributed by atoms with van der Waals surface area (Å²) in [7, 11) is 0. The average molecular weight is 280 g/mol. The molecule has 0 saturated heterocycles. The quantitative estimate of drug-likeness (QED) is 0.845. The van der Waals surface area contributed by atoms with E-state index in [1.807, 2.05) is 17.5 Å². The lowest BCUT2D eigenvalue weighted by Gasteiger charge is -2.01. The number of thioether (sulfide) groups is 1. The Morgan fingerprint density at radius 3 is 3.00 bits per heavy atom. The highest BCUT2D eigenvalue weighted by Crippen LogP contribution is 2.31. The predicted octanol–water partition coefficient (Wildman–Crippen LogP) is 3.10. The van der Waals surface area contributed by atoms with Crippen molar-refractivity contribution >= 4 is 34.1 Å². The van der Waals surface area contributed by atoms with Crippen molar-refractivity contribution in [3.8, 4) is 5.75 Å². The first kappa shape index (κ1) is 12.9. The van der Waals surface area contributed by atoms with Crippen LogP contribution in [-0.4, -0.2) is 16.0 Å². The molecule has 1 aromatic carbocycles. The number of rotatable bonds is 4. The molecule has 0 aliphatic carbocycles. The Labute approximate surface area is 113 Å². The van der Waals surface area contributed by atoms with Crippen molar-refractivity contribution in [3.63, 3.8) is 0 Å². The van der Waals surface area contributed by atoms with Crippen molar-refractivity contribution in [2.75, 3.05) is 5.32 Å². The highest BCUT2D eigenvalue weighted by molar-refractivity contribution is 7.98. The minimum absolute atomic E-state index is 0.121. The number of nitrogens with one attached hydrogen (secondary N) is 1. The van der Waals surface area contributed by atoms with Crippen LogP contribution < -0.4 is 5.32 Å². The number of thiazole rings is 1. The molecule has 0 aliphatic rings. The van der Waals surface area contributed by atoms with Crippen molar-refractivity contribution in [1.82, 2.24) is 4.98 Å². The van der Waals surface area contributed by atoms with Crippen LogP contribution in [0.25, 0.3) is 0 Å². The molecule has 6 heteroatoms. The van der Waals surface area contributed by atoms with Gasteiger partial charge in [0.1, 0.15) is 5.75 Å². The number of para-hydroxylation sites is 1. The van der Waals surface area contributed by atoms with E-state index in [0.29, 0.717) is 10.9 Å². The van der Waals surface area contributed by atoms with Crippen LogP contribution in [-0.2, 0) is 10.5 Å². The molecule has 1 heterocycles. The Hall–Kier alpha value is -1.53. The minimum Gasteiger partial charge on any atom is -0.507 e. The third-order valence-corrected chi connectivity index (χ3v) is 3.98. The van der Waals surface area contributed by atoms with Crippen LogP contribution in [0.3, 0.4) is 0 Å². The maximum Gasteiger partial charge on any atom is 0.223 e. The lowest BCUT2D eigenvalue weighted by atomic mass is 10.3. The summed E-state index contributed by atoms with van der Waals surface area (Å²) in [5, 5.41) is 14.8. The molecule has 94 valence electrons. The highest BCUT2D eigenvalue weighted by atomic mass is 32.2. The van der Waals surface area contributed by atoms with E-state index in [-0.39, 0.29) is 11.7 Å². The van der Waals surface area contributed by atoms with Crippen LogP contribution in [0.5, 0.6) is 5.75 Å². The maximum atomic E-state index is 10.9. The van der Waals surface area contributed by atoms with Gasteiger partial charge in [-0.25, -0.2) is 4.98 Å². The standard InChI is InChI=1S/C12H12N2O2S2/c1-8(15)13-12-14-9(7-18-12)6-17-11-5-3-2-4-10(11)16/h2-5,7,16H,6H2,1H3,(H,13,14,15). The van der Waals surface area contributed by atoms with E-state index in [1.54, 1.807) is 12.1 Å². The maximum absolute atomic E-state index is 10.9. The molecule has 2 aromatic rings. The van der Waals surface area contributed by atoms with Crippen LogP contribution >= 0.6 is 23.1 Å². The van der Waals surface area contributed by atoms with Gasteiger partial charge in [-0.05, 0) is 12.1 Å². The fourth-order valence-corrected chi connectivity index (χ4v) is 3.02. The summed E-state index contributed by atoms with van der Waals surface area (Å²) >= 11 is 2.91. The monoisotopic (exact) mass is 280 g/mol. The summed E-state index contributed by atoms with van der Waals surface area (Å²) in [5.74, 6) is 0.817. The Morgan fingerprint density at radius 2 is 2.28 bits per heavy atom. The smallest absolute Gasteiger partial charge is 0.223 e. The van der Waals surface area contributed by atoms with Crippen LogP contribution in [0, 0.1) is 0 Å². The molecule has 2 N–H and O–H groups in total. The topological polar surface area (TPSA) is 62.2 Å². The minimum atomic E-state index is -0.121. The van der Waals surface area contributed by atoms with E-state index in [2.05, 4.69) is 10.3 Å². The number of anilines is 1. The van der Waals surface area contributed by atoms with Crippen molar-refractivity contribution in [1.29, 1.82) is 0 Å². The molecule has 1 amide bonds. The van der Waals surface area contributed by atoms with Gasteiger partial charge in [0.15, 0.2) is 5.13 Å². The second-order valence-electron chi connectivity index (χ2n) is 3.58. The summed E-state index contributed by atoms with van der Waals surface area (Å²) in [4.78, 5) is 16.0. The van der Waals surface area contributed by atoms with Crippen molar-refractivity contribution in [2.45, 2.75) is 17.6 Å². The molecular formula is C12H12N2O2S2. The van der Waals surface area contributed by atoms with Gasteiger partial charge < -0.3 is 10.4 Å². The zero-order valence-electron chi connectivity index (χ0n) is 9.71. The van der Waals surface area contributed by atoms with Crippen LogP contribution in [0.15, 0.2) is 34.5 Å². The van der Waals surface area contributed by atoms with Gasteiger partial charge in [0.2, 0.25) is 5.91 Å². The van der Waals surface area contributed by atoms with E-state index in [0.717, 1.165) is 10.6 Å². The Morgan fingerprint density at radius 1 is 1.50 bits per heavy atom. The normalized spacial score (nSPS) is 10.3. The molecule has 0 radical (unpaired) electrons. The molecule has 0 unspecified atom stereocenters. The Kier molecular flexibility index (Phi) is 4.22. The van der Waals surface area contributed by atoms with Gasteiger partial charge in [0.25, 0.3) is 0 Å². The summed E-state index contributed by atoms with van der Waals surface area (Å²) in [6.45, 7) is 1.46. The summed E-state index contributed by atoms with van der Waals surface area (Å²) < 4.78 is 0. The number of carbonyl (C=O) groups excluding carboxylic acids is 1. The van der Waals surface area contributed by atoms with Gasteiger partial charge in [0, 0.05) is 23.0 Å². The summed E-state index contributed by atoms with van der Waals surface area (Å²) in [6.07, 6.45) is 0. The fourth-order valence-electron chi connectivity index (χ4n) is 1.31. The molecule has 18 heavy (non-hydrogen) atoms. The Balaban J connectivity index is 1.96. The first-order valence-electron chi connectivity index (χ1n) is 5.28. The van der Waals surface area contributed by atoms with Gasteiger partial charge in [-0.2, -0.15) is 0 Å². The number of nitrogens with zero attached hydrogens (tertiary/aromatic N) is 1. The number of phenolic OH excluding ortho intramolecular Hbond substituents is 1. The number of benzene rings is 1. The van der Waals surface area contributed by atoms with Gasteiger partial charge >= 0.3 is 0 Å². The molecule has 0 fully saturated rings. The van der Waals surface area contributed by atoms with E-state index in [1.165, 1.54) is 30.0 Å². The van der Waals surface area contributed by atoms with Crippen molar-refractivity contribution < 1.29 is 9.90 Å². The third kappa shape index (κ3) is 3.48. The lowest BCUT2D eigenvalue weighted by molar-refractivity contribution is -0.114. The molecular weight excluding hydrogens is 268 g/mol. The van der Waals surface area contributed by atoms with E-state index >= 15 is 0 Å². The van der Waals surface area contributed by atoms with Crippen LogP contribution in [0.1, 0.15) is 12.6 Å².